The van der Waals surface area contributed by atoms with Crippen molar-refractivity contribution in [2.75, 3.05) is 43.1 Å². The highest BCUT2D eigenvalue weighted by Gasteiger charge is 2.21. The van der Waals surface area contributed by atoms with Gasteiger partial charge in [-0.3, -0.25) is 14.9 Å². The molecule has 29 heavy (non-hydrogen) atoms. The van der Waals surface area contributed by atoms with Crippen molar-refractivity contribution in [3.63, 3.8) is 0 Å². The number of morpholine rings is 1. The minimum atomic E-state index is -0.410. The summed E-state index contributed by atoms with van der Waals surface area (Å²) in [6.45, 7) is 4.33. The summed E-state index contributed by atoms with van der Waals surface area (Å²) in [7, 11) is 0. The van der Waals surface area contributed by atoms with E-state index in [2.05, 4.69) is 15.8 Å². The van der Waals surface area contributed by atoms with E-state index in [1.165, 1.54) is 12.3 Å². The third-order valence-electron chi connectivity index (χ3n) is 4.54. The maximum absolute atomic E-state index is 11.9. The summed E-state index contributed by atoms with van der Waals surface area (Å²) < 4.78 is 5.30. The zero-order valence-electron chi connectivity index (χ0n) is 16.1. The highest BCUT2D eigenvalue weighted by atomic mass is 16.6. The number of aryl methyl sites for hydroxylation is 1. The highest BCUT2D eigenvalue weighted by molar-refractivity contribution is 5.86. The number of rotatable bonds is 7. The number of amides is 1. The Morgan fingerprint density at radius 1 is 1.28 bits per heavy atom. The number of nitro benzene ring substituents is 1. The maximum atomic E-state index is 11.9. The molecular formula is C20H23N5O4. The standard InChI is InChI=1S/C20H23N5O4/c1-15-4-2-3-5-17(15)21-14-20(26)23-22-13-16-6-7-18(19(12-16)25(27)28)24-8-10-29-11-9-24/h2-7,12-13,21H,8-11,14H2,1H3,(H,23,26)/b22-13+. The van der Waals surface area contributed by atoms with Crippen molar-refractivity contribution in [1.82, 2.24) is 5.43 Å². The molecule has 9 nitrogen and oxygen atoms in total. The summed E-state index contributed by atoms with van der Waals surface area (Å²) >= 11 is 0. The third kappa shape index (κ3) is 5.52. The van der Waals surface area contributed by atoms with Crippen molar-refractivity contribution in [2.24, 2.45) is 5.10 Å². The lowest BCUT2D eigenvalue weighted by Crippen LogP contribution is -2.36. The molecule has 1 aliphatic heterocycles. The van der Waals surface area contributed by atoms with Crippen molar-refractivity contribution < 1.29 is 14.5 Å². The Morgan fingerprint density at radius 2 is 2.03 bits per heavy atom. The predicted molar refractivity (Wildman–Crippen MR) is 112 cm³/mol. The van der Waals surface area contributed by atoms with Gasteiger partial charge in [0.15, 0.2) is 0 Å². The molecular weight excluding hydrogens is 374 g/mol. The summed E-state index contributed by atoms with van der Waals surface area (Å²) in [5.74, 6) is -0.316. The molecule has 0 atom stereocenters. The molecule has 1 heterocycles. The van der Waals surface area contributed by atoms with E-state index in [1.54, 1.807) is 12.1 Å². The fourth-order valence-corrected chi connectivity index (χ4v) is 3.00. The van der Waals surface area contributed by atoms with Crippen LogP contribution in [0, 0.1) is 17.0 Å². The number of benzene rings is 2. The number of hydrazone groups is 1. The second-order valence-electron chi connectivity index (χ2n) is 6.57. The minimum absolute atomic E-state index is 0.00314. The first-order valence-corrected chi connectivity index (χ1v) is 9.27. The van der Waals surface area contributed by atoms with Crippen LogP contribution in [0.2, 0.25) is 0 Å². The van der Waals surface area contributed by atoms with Crippen molar-refractivity contribution in [3.05, 3.63) is 63.7 Å². The number of carbonyl (C=O) groups is 1. The van der Waals surface area contributed by atoms with Gasteiger partial charge in [-0.1, -0.05) is 24.3 Å². The lowest BCUT2D eigenvalue weighted by atomic mass is 10.1. The monoisotopic (exact) mass is 397 g/mol. The number of ether oxygens (including phenoxy) is 1. The van der Waals surface area contributed by atoms with E-state index in [4.69, 9.17) is 4.74 Å². The zero-order chi connectivity index (χ0) is 20.6. The number of nitrogens with zero attached hydrogens (tertiary/aromatic N) is 3. The number of carbonyl (C=O) groups excluding carboxylic acids is 1. The van der Waals surface area contributed by atoms with E-state index in [0.717, 1.165) is 11.3 Å². The van der Waals surface area contributed by atoms with Gasteiger partial charge in [-0.2, -0.15) is 5.10 Å². The summed E-state index contributed by atoms with van der Waals surface area (Å²) in [6.07, 6.45) is 1.39. The smallest absolute Gasteiger partial charge is 0.293 e. The van der Waals surface area contributed by atoms with Gasteiger partial charge in [0.25, 0.3) is 11.6 Å². The summed E-state index contributed by atoms with van der Waals surface area (Å²) in [5, 5.41) is 18.4. The highest BCUT2D eigenvalue weighted by Crippen LogP contribution is 2.29. The SMILES string of the molecule is Cc1ccccc1NCC(=O)N/N=C/c1ccc(N2CCOCC2)c([N+](=O)[O-])c1. The molecule has 2 aromatic carbocycles. The van der Waals surface area contributed by atoms with Gasteiger partial charge in [0, 0.05) is 30.4 Å². The third-order valence-corrected chi connectivity index (χ3v) is 4.54. The van der Waals surface area contributed by atoms with Gasteiger partial charge in [-0.15, -0.1) is 0 Å². The molecule has 1 amide bonds. The molecule has 0 aromatic heterocycles. The van der Waals surface area contributed by atoms with Gasteiger partial charge in [0.05, 0.1) is 30.9 Å². The Labute approximate surface area is 168 Å². The average molecular weight is 397 g/mol. The van der Waals surface area contributed by atoms with Crippen LogP contribution in [-0.2, 0) is 9.53 Å². The van der Waals surface area contributed by atoms with Crippen LogP contribution in [0.25, 0.3) is 0 Å². The van der Waals surface area contributed by atoms with Crippen molar-refractivity contribution >= 4 is 29.2 Å². The Balaban J connectivity index is 1.59. The second kappa shape index (κ2) is 9.65. The predicted octanol–water partition coefficient (Wildman–Crippen LogP) is 2.30. The number of nitro groups is 1. The Hall–Kier alpha value is -3.46. The molecule has 0 spiro atoms. The molecule has 3 rings (SSSR count). The van der Waals surface area contributed by atoms with Crippen LogP contribution in [-0.4, -0.2) is 49.9 Å². The lowest BCUT2D eigenvalue weighted by Gasteiger charge is -2.28. The number of nitrogens with one attached hydrogen (secondary N) is 2. The van der Waals surface area contributed by atoms with Gasteiger partial charge in [-0.05, 0) is 24.6 Å². The molecule has 152 valence electrons. The molecule has 1 aliphatic rings. The summed E-state index contributed by atoms with van der Waals surface area (Å²) in [4.78, 5) is 24.9. The molecule has 1 fully saturated rings. The molecule has 1 saturated heterocycles. The maximum Gasteiger partial charge on any atom is 0.293 e. The van der Waals surface area contributed by atoms with E-state index in [9.17, 15) is 14.9 Å². The zero-order valence-corrected chi connectivity index (χ0v) is 16.1. The van der Waals surface area contributed by atoms with Gasteiger partial charge in [0.2, 0.25) is 0 Å². The summed E-state index contributed by atoms with van der Waals surface area (Å²) in [6, 6.07) is 12.5. The van der Waals surface area contributed by atoms with E-state index in [1.807, 2.05) is 36.1 Å². The van der Waals surface area contributed by atoms with E-state index in [-0.39, 0.29) is 18.1 Å². The van der Waals surface area contributed by atoms with E-state index >= 15 is 0 Å². The number of anilines is 2. The van der Waals surface area contributed by atoms with E-state index in [0.29, 0.717) is 37.6 Å². The second-order valence-corrected chi connectivity index (χ2v) is 6.57. The molecule has 9 heteroatoms. The van der Waals surface area contributed by atoms with Crippen LogP contribution in [0.4, 0.5) is 17.1 Å². The van der Waals surface area contributed by atoms with Crippen LogP contribution >= 0.6 is 0 Å². The van der Waals surface area contributed by atoms with Gasteiger partial charge < -0.3 is 15.0 Å². The first-order valence-electron chi connectivity index (χ1n) is 9.27. The van der Waals surface area contributed by atoms with Crippen LogP contribution in [0.5, 0.6) is 0 Å². The number of para-hydroxylation sites is 1. The van der Waals surface area contributed by atoms with Crippen LogP contribution in [0.1, 0.15) is 11.1 Å². The van der Waals surface area contributed by atoms with Crippen molar-refractivity contribution in [1.29, 1.82) is 0 Å². The topological polar surface area (TPSA) is 109 Å². The van der Waals surface area contributed by atoms with E-state index < -0.39 is 4.92 Å². The molecule has 0 bridgehead atoms. The van der Waals surface area contributed by atoms with Crippen LogP contribution in [0.3, 0.4) is 0 Å². The lowest BCUT2D eigenvalue weighted by molar-refractivity contribution is -0.384. The van der Waals surface area contributed by atoms with Gasteiger partial charge in [-0.25, -0.2) is 5.43 Å². The van der Waals surface area contributed by atoms with Crippen LogP contribution < -0.4 is 15.6 Å². The molecule has 2 N–H and O–H groups in total. The summed E-state index contributed by atoms with van der Waals surface area (Å²) in [5.41, 5.74) is 5.42. The number of hydrogen-bond acceptors (Lipinski definition) is 7. The number of hydrogen-bond donors (Lipinski definition) is 2. The molecule has 0 aliphatic carbocycles. The molecule has 0 unspecified atom stereocenters. The first kappa shape index (κ1) is 20.3. The largest absolute Gasteiger partial charge is 0.378 e. The molecule has 0 radical (unpaired) electrons. The Morgan fingerprint density at radius 3 is 2.76 bits per heavy atom. The Bertz CT molecular complexity index is 909. The van der Waals surface area contributed by atoms with Gasteiger partial charge in [0.1, 0.15) is 5.69 Å². The minimum Gasteiger partial charge on any atom is -0.378 e. The fourth-order valence-electron chi connectivity index (χ4n) is 3.00. The quantitative estimate of drug-likeness (QED) is 0.422. The Kier molecular flexibility index (Phi) is 6.75. The molecule has 2 aromatic rings. The first-order chi connectivity index (χ1) is 14.0. The van der Waals surface area contributed by atoms with Crippen molar-refractivity contribution in [2.45, 2.75) is 6.92 Å². The van der Waals surface area contributed by atoms with Crippen LogP contribution in [0.15, 0.2) is 47.6 Å². The van der Waals surface area contributed by atoms with Crippen molar-refractivity contribution in [3.8, 4) is 0 Å². The average Bonchev–Trinajstić information content (AvgIpc) is 2.73. The van der Waals surface area contributed by atoms with Gasteiger partial charge >= 0.3 is 0 Å². The molecule has 0 saturated carbocycles. The fraction of sp³-hybridized carbons (Fsp3) is 0.300. The normalized spacial score (nSPS) is 14.0.